The van der Waals surface area contributed by atoms with Crippen molar-refractivity contribution in [3.05, 3.63) is 39.7 Å². The highest BCUT2D eigenvalue weighted by atomic mass is 35.5. The van der Waals surface area contributed by atoms with Crippen molar-refractivity contribution in [1.29, 1.82) is 0 Å². The predicted octanol–water partition coefficient (Wildman–Crippen LogP) is 4.24. The Morgan fingerprint density at radius 2 is 1.83 bits per heavy atom. The van der Waals surface area contributed by atoms with Crippen molar-refractivity contribution >= 4 is 28.3 Å². The van der Waals surface area contributed by atoms with Gasteiger partial charge in [-0.15, -0.1) is 0 Å². The molecule has 0 aliphatic heterocycles. The minimum absolute atomic E-state index is 0.0283. The van der Waals surface area contributed by atoms with Crippen LogP contribution >= 0.6 is 11.6 Å². The maximum absolute atomic E-state index is 10.5. The molecule has 0 N–H and O–H groups in total. The molecule has 0 unspecified atom stereocenters. The van der Waals surface area contributed by atoms with Gasteiger partial charge < -0.3 is 0 Å². The van der Waals surface area contributed by atoms with Crippen LogP contribution in [-0.4, -0.2) is 14.9 Å². The van der Waals surface area contributed by atoms with E-state index in [1.807, 2.05) is 27.7 Å². The summed E-state index contributed by atoms with van der Waals surface area (Å²) in [6, 6.07) is 3.38. The number of fused-ring (bicyclic) bond motifs is 1. The van der Waals surface area contributed by atoms with Crippen LogP contribution in [0.15, 0.2) is 24.5 Å². The molecule has 0 aliphatic rings. The SMILES string of the molecule is CC.CC.O=[N+]([O-])c1cnc2cccnc2c1Cl. The van der Waals surface area contributed by atoms with Crippen molar-refractivity contribution in [2.24, 2.45) is 0 Å². The van der Waals surface area contributed by atoms with E-state index in [9.17, 15) is 10.1 Å². The zero-order chi connectivity index (χ0) is 14.1. The summed E-state index contributed by atoms with van der Waals surface area (Å²) >= 11 is 5.79. The van der Waals surface area contributed by atoms with Crippen molar-refractivity contribution in [2.75, 3.05) is 0 Å². The lowest BCUT2D eigenvalue weighted by Crippen LogP contribution is -1.92. The Bertz CT molecular complexity index is 518. The van der Waals surface area contributed by atoms with E-state index >= 15 is 0 Å². The molecule has 2 aromatic rings. The normalized spacial score (nSPS) is 8.72. The molecule has 0 aliphatic carbocycles. The van der Waals surface area contributed by atoms with Crippen molar-refractivity contribution < 1.29 is 4.92 Å². The van der Waals surface area contributed by atoms with Crippen LogP contribution < -0.4 is 0 Å². The van der Waals surface area contributed by atoms with E-state index in [0.29, 0.717) is 11.0 Å². The summed E-state index contributed by atoms with van der Waals surface area (Å²) in [6.45, 7) is 8.00. The molecule has 2 rings (SSSR count). The molecule has 0 saturated carbocycles. The number of hydrogen-bond acceptors (Lipinski definition) is 4. The molecule has 98 valence electrons. The van der Waals surface area contributed by atoms with E-state index in [-0.39, 0.29) is 10.7 Å². The summed E-state index contributed by atoms with van der Waals surface area (Å²) in [5, 5.41) is 10.5. The van der Waals surface area contributed by atoms with Crippen molar-refractivity contribution in [3.63, 3.8) is 0 Å². The highest BCUT2D eigenvalue weighted by Gasteiger charge is 2.16. The summed E-state index contributed by atoms with van der Waals surface area (Å²) in [5.41, 5.74) is 0.671. The Morgan fingerprint density at radius 1 is 1.22 bits per heavy atom. The summed E-state index contributed by atoms with van der Waals surface area (Å²) < 4.78 is 0. The second-order valence-electron chi connectivity index (χ2n) is 2.59. The molecular formula is C12H16ClN3O2. The zero-order valence-electron chi connectivity index (χ0n) is 10.8. The molecule has 0 fully saturated rings. The molecule has 5 nitrogen and oxygen atoms in total. The van der Waals surface area contributed by atoms with Gasteiger partial charge in [0.1, 0.15) is 16.7 Å². The lowest BCUT2D eigenvalue weighted by atomic mass is 10.3. The quantitative estimate of drug-likeness (QED) is 0.573. The molecule has 0 amide bonds. The molecule has 0 spiro atoms. The fraction of sp³-hybridized carbons (Fsp3) is 0.333. The molecule has 0 bridgehead atoms. The van der Waals surface area contributed by atoms with Crippen LogP contribution in [-0.2, 0) is 0 Å². The minimum Gasteiger partial charge on any atom is -0.258 e. The maximum atomic E-state index is 10.5. The van der Waals surface area contributed by atoms with E-state index < -0.39 is 4.92 Å². The van der Waals surface area contributed by atoms with Gasteiger partial charge in [0.05, 0.1) is 10.4 Å². The summed E-state index contributed by atoms with van der Waals surface area (Å²) in [5.74, 6) is 0. The molecule has 0 atom stereocenters. The lowest BCUT2D eigenvalue weighted by Gasteiger charge is -1.98. The highest BCUT2D eigenvalue weighted by molar-refractivity contribution is 6.36. The third kappa shape index (κ3) is 3.63. The molecule has 2 heterocycles. The topological polar surface area (TPSA) is 68.9 Å². The number of pyridine rings is 2. The fourth-order valence-electron chi connectivity index (χ4n) is 1.11. The van der Waals surface area contributed by atoms with Gasteiger partial charge in [0, 0.05) is 6.20 Å². The van der Waals surface area contributed by atoms with Crippen molar-refractivity contribution in [1.82, 2.24) is 9.97 Å². The summed E-state index contributed by atoms with van der Waals surface area (Å²) in [4.78, 5) is 17.7. The molecule has 0 aromatic carbocycles. The molecule has 0 saturated heterocycles. The Kier molecular flexibility index (Phi) is 7.54. The molecule has 0 radical (unpaired) electrons. The number of hydrogen-bond donors (Lipinski definition) is 0. The van der Waals surface area contributed by atoms with E-state index in [2.05, 4.69) is 9.97 Å². The first kappa shape index (κ1) is 16.2. The van der Waals surface area contributed by atoms with Gasteiger partial charge in [-0.2, -0.15) is 0 Å². The average molecular weight is 270 g/mol. The summed E-state index contributed by atoms with van der Waals surface area (Å²) in [7, 11) is 0. The van der Waals surface area contributed by atoms with E-state index in [1.165, 1.54) is 6.20 Å². The van der Waals surface area contributed by atoms with Gasteiger partial charge in [0.2, 0.25) is 0 Å². The first-order chi connectivity index (χ1) is 8.70. The predicted molar refractivity (Wildman–Crippen MR) is 73.9 cm³/mol. The van der Waals surface area contributed by atoms with Gasteiger partial charge in [0.25, 0.3) is 0 Å². The van der Waals surface area contributed by atoms with Gasteiger partial charge in [-0.25, -0.2) is 4.98 Å². The number of rotatable bonds is 1. The van der Waals surface area contributed by atoms with Gasteiger partial charge in [-0.05, 0) is 12.1 Å². The van der Waals surface area contributed by atoms with Crippen molar-refractivity contribution in [2.45, 2.75) is 27.7 Å². The smallest absolute Gasteiger partial charge is 0.258 e. The Labute approximate surface area is 111 Å². The summed E-state index contributed by atoms with van der Waals surface area (Å²) in [6.07, 6.45) is 2.64. The first-order valence-electron chi connectivity index (χ1n) is 5.74. The minimum atomic E-state index is -0.580. The van der Waals surface area contributed by atoms with Gasteiger partial charge in [-0.3, -0.25) is 15.1 Å². The Hall–Kier alpha value is -1.75. The van der Waals surface area contributed by atoms with Crippen LogP contribution in [0, 0.1) is 10.1 Å². The van der Waals surface area contributed by atoms with Crippen LogP contribution in [0.2, 0.25) is 5.02 Å². The van der Waals surface area contributed by atoms with Crippen LogP contribution in [0.1, 0.15) is 27.7 Å². The van der Waals surface area contributed by atoms with Crippen LogP contribution in [0.25, 0.3) is 11.0 Å². The second-order valence-corrected chi connectivity index (χ2v) is 2.96. The van der Waals surface area contributed by atoms with Crippen LogP contribution in [0.4, 0.5) is 5.69 Å². The number of nitrogens with zero attached hydrogens (tertiary/aromatic N) is 3. The van der Waals surface area contributed by atoms with Gasteiger partial charge in [-0.1, -0.05) is 39.3 Å². The maximum Gasteiger partial charge on any atom is 0.308 e. The lowest BCUT2D eigenvalue weighted by molar-refractivity contribution is -0.384. The van der Waals surface area contributed by atoms with Crippen LogP contribution in [0.3, 0.4) is 0 Å². The second kappa shape index (κ2) is 8.36. The standard InChI is InChI=1S/C8H4ClN3O2.2C2H6/c9-7-6(12(13)14)4-11-5-2-1-3-10-8(5)7;2*1-2/h1-4H;2*1-2H3. The van der Waals surface area contributed by atoms with Crippen molar-refractivity contribution in [3.8, 4) is 0 Å². The Balaban J connectivity index is 0.000000659. The van der Waals surface area contributed by atoms with E-state index in [0.717, 1.165) is 6.20 Å². The van der Waals surface area contributed by atoms with Gasteiger partial charge in [0.15, 0.2) is 0 Å². The molecule has 2 aromatic heterocycles. The van der Waals surface area contributed by atoms with Gasteiger partial charge >= 0.3 is 5.69 Å². The monoisotopic (exact) mass is 269 g/mol. The highest BCUT2D eigenvalue weighted by Crippen LogP contribution is 2.28. The molecular weight excluding hydrogens is 254 g/mol. The molecule has 6 heteroatoms. The number of halogens is 1. The van der Waals surface area contributed by atoms with E-state index in [4.69, 9.17) is 11.6 Å². The Morgan fingerprint density at radius 3 is 2.39 bits per heavy atom. The fourth-order valence-corrected chi connectivity index (χ4v) is 1.37. The van der Waals surface area contributed by atoms with E-state index in [1.54, 1.807) is 12.1 Å². The number of aromatic nitrogens is 2. The van der Waals surface area contributed by atoms with Crippen LogP contribution in [0.5, 0.6) is 0 Å². The largest absolute Gasteiger partial charge is 0.308 e. The zero-order valence-corrected chi connectivity index (χ0v) is 11.6. The first-order valence-corrected chi connectivity index (χ1v) is 6.11. The molecule has 18 heavy (non-hydrogen) atoms. The number of nitro groups is 1. The third-order valence-electron chi connectivity index (χ3n) is 1.74. The average Bonchev–Trinajstić information content (AvgIpc) is 2.43. The third-order valence-corrected chi connectivity index (χ3v) is 2.11.